The van der Waals surface area contributed by atoms with Gasteiger partial charge in [-0.15, -0.1) is 11.6 Å². The molecule has 1 nitrogen and oxygen atoms in total. The van der Waals surface area contributed by atoms with E-state index in [-0.39, 0.29) is 16.1 Å². The lowest BCUT2D eigenvalue weighted by molar-refractivity contribution is -0.122. The minimum absolute atomic E-state index is 0.206. The Kier molecular flexibility index (Phi) is 1.42. The van der Waals surface area contributed by atoms with Gasteiger partial charge < -0.3 is 0 Å². The molecule has 3 unspecified atom stereocenters. The number of rotatable bonds is 1. The molecule has 0 heterocycles. The summed E-state index contributed by atoms with van der Waals surface area (Å²) in [6.45, 7) is 7.51. The molecule has 0 saturated heterocycles. The number of carbonyl (C=O) groups excluding carboxylic acids is 1. The first kappa shape index (κ1) is 8.06. The second-order valence-corrected chi connectivity index (χ2v) is 4.34. The van der Waals surface area contributed by atoms with Crippen molar-refractivity contribution in [2.75, 3.05) is 0 Å². The maximum Gasteiger partial charge on any atom is 0.137 e. The predicted octanol–water partition coefficient (Wildman–Crippen LogP) is 2.23. The van der Waals surface area contributed by atoms with Crippen molar-refractivity contribution in [3.63, 3.8) is 0 Å². The van der Waals surface area contributed by atoms with E-state index in [9.17, 15) is 4.79 Å². The molecule has 0 spiro atoms. The lowest BCUT2D eigenvalue weighted by Gasteiger charge is -2.06. The van der Waals surface area contributed by atoms with Gasteiger partial charge in [-0.25, -0.2) is 0 Å². The van der Waals surface area contributed by atoms with Crippen molar-refractivity contribution in [3.8, 4) is 0 Å². The van der Waals surface area contributed by atoms with Crippen molar-refractivity contribution in [1.29, 1.82) is 0 Å². The Balaban J connectivity index is 2.88. The number of hydrogen-bond acceptors (Lipinski definition) is 1. The van der Waals surface area contributed by atoms with Gasteiger partial charge in [-0.05, 0) is 19.8 Å². The summed E-state index contributed by atoms with van der Waals surface area (Å²) in [5.74, 6) is 0.525. The molecule has 10 heavy (non-hydrogen) atoms. The van der Waals surface area contributed by atoms with Crippen LogP contribution in [0.25, 0.3) is 0 Å². The third-order valence-corrected chi connectivity index (χ3v) is 4.06. The van der Waals surface area contributed by atoms with Gasteiger partial charge in [-0.3, -0.25) is 4.79 Å². The smallest absolute Gasteiger partial charge is 0.137 e. The molecule has 0 N–H and O–H groups in total. The van der Waals surface area contributed by atoms with E-state index in [1.807, 2.05) is 20.8 Å². The maximum atomic E-state index is 11.1. The highest BCUT2D eigenvalue weighted by molar-refractivity contribution is 6.29. The molecule has 0 radical (unpaired) electrons. The van der Waals surface area contributed by atoms with Gasteiger partial charge in [0.2, 0.25) is 0 Å². The minimum Gasteiger partial charge on any atom is -0.299 e. The number of Topliss-reactive ketones (excluding diaryl/α,β-unsaturated/α-hetero) is 1. The summed E-state index contributed by atoms with van der Waals surface area (Å²) in [5.41, 5.74) is -0.269. The fourth-order valence-electron chi connectivity index (χ4n) is 1.65. The summed E-state index contributed by atoms with van der Waals surface area (Å²) >= 11 is 6.07. The molecular formula is C8H13ClO. The number of carbonyl (C=O) groups is 1. The fourth-order valence-corrected chi connectivity index (χ4v) is 2.11. The molecule has 0 aliphatic heterocycles. The van der Waals surface area contributed by atoms with Gasteiger partial charge in [-0.2, -0.15) is 0 Å². The van der Waals surface area contributed by atoms with Crippen molar-refractivity contribution in [2.24, 2.45) is 11.3 Å². The molecule has 3 atom stereocenters. The second-order valence-electron chi connectivity index (χ2n) is 3.56. The molecule has 2 heteroatoms. The Bertz CT molecular complexity index is 186. The Hall–Kier alpha value is -0.0400. The van der Waals surface area contributed by atoms with Crippen LogP contribution in [0, 0.1) is 11.3 Å². The van der Waals surface area contributed by atoms with Gasteiger partial charge in [0.1, 0.15) is 5.78 Å². The quantitative estimate of drug-likeness (QED) is 0.538. The lowest BCUT2D eigenvalue weighted by atomic mass is 10.0. The Labute approximate surface area is 66.8 Å². The summed E-state index contributed by atoms with van der Waals surface area (Å²) in [6.07, 6.45) is 0. The molecule has 0 aromatic heterocycles. The van der Waals surface area contributed by atoms with E-state index in [1.165, 1.54) is 0 Å². The predicted molar refractivity (Wildman–Crippen MR) is 42.2 cm³/mol. The Morgan fingerprint density at radius 1 is 1.50 bits per heavy atom. The van der Waals surface area contributed by atoms with E-state index in [0.29, 0.717) is 5.92 Å². The van der Waals surface area contributed by atoms with Crippen LogP contribution in [0.5, 0.6) is 0 Å². The SMILES string of the molecule is CC(=O)C1(C)C(C)C1(C)Cl. The number of ketones is 1. The maximum absolute atomic E-state index is 11.1. The van der Waals surface area contributed by atoms with Crippen molar-refractivity contribution in [2.45, 2.75) is 32.6 Å². The first-order chi connectivity index (χ1) is 4.35. The molecule has 0 aromatic rings. The van der Waals surface area contributed by atoms with Crippen LogP contribution < -0.4 is 0 Å². The van der Waals surface area contributed by atoms with Gasteiger partial charge in [0.25, 0.3) is 0 Å². The molecule has 0 aromatic carbocycles. The second kappa shape index (κ2) is 1.76. The van der Waals surface area contributed by atoms with Crippen molar-refractivity contribution in [3.05, 3.63) is 0 Å². The van der Waals surface area contributed by atoms with Crippen LogP contribution >= 0.6 is 11.6 Å². The van der Waals surface area contributed by atoms with Crippen LogP contribution in [-0.4, -0.2) is 10.7 Å². The molecule has 1 aliphatic rings. The highest BCUT2D eigenvalue weighted by Crippen LogP contribution is 2.66. The average Bonchev–Trinajstić information content (AvgIpc) is 2.16. The van der Waals surface area contributed by atoms with Gasteiger partial charge in [0.05, 0.1) is 4.87 Å². The molecule has 0 amide bonds. The summed E-state index contributed by atoms with van der Waals surface area (Å²) in [5, 5.41) is 0. The van der Waals surface area contributed by atoms with Gasteiger partial charge in [-0.1, -0.05) is 13.8 Å². The largest absolute Gasteiger partial charge is 0.299 e. The first-order valence-electron chi connectivity index (χ1n) is 3.55. The zero-order chi connectivity index (χ0) is 8.15. The average molecular weight is 161 g/mol. The Morgan fingerprint density at radius 2 is 1.80 bits per heavy atom. The van der Waals surface area contributed by atoms with E-state index in [1.54, 1.807) is 6.92 Å². The zero-order valence-electron chi connectivity index (χ0n) is 6.86. The highest BCUT2D eigenvalue weighted by atomic mass is 35.5. The number of alkyl halides is 1. The fraction of sp³-hybridized carbons (Fsp3) is 0.875. The highest BCUT2D eigenvalue weighted by Gasteiger charge is 2.70. The number of halogens is 1. The lowest BCUT2D eigenvalue weighted by Crippen LogP contribution is -2.15. The summed E-state index contributed by atoms with van der Waals surface area (Å²) in [4.78, 5) is 10.8. The molecular weight excluding hydrogens is 148 g/mol. The van der Waals surface area contributed by atoms with E-state index < -0.39 is 0 Å². The zero-order valence-corrected chi connectivity index (χ0v) is 7.62. The minimum atomic E-state index is -0.293. The monoisotopic (exact) mass is 160 g/mol. The van der Waals surface area contributed by atoms with Crippen molar-refractivity contribution in [1.82, 2.24) is 0 Å². The summed E-state index contributed by atoms with van der Waals surface area (Å²) in [6, 6.07) is 0. The van der Waals surface area contributed by atoms with Crippen LogP contribution in [0.2, 0.25) is 0 Å². The van der Waals surface area contributed by atoms with Gasteiger partial charge in [0.15, 0.2) is 0 Å². The van der Waals surface area contributed by atoms with E-state index >= 15 is 0 Å². The van der Waals surface area contributed by atoms with E-state index in [0.717, 1.165) is 0 Å². The third-order valence-electron chi connectivity index (χ3n) is 3.34. The molecule has 0 bridgehead atoms. The van der Waals surface area contributed by atoms with Crippen molar-refractivity contribution < 1.29 is 4.79 Å². The van der Waals surface area contributed by atoms with Crippen LogP contribution in [0.4, 0.5) is 0 Å². The molecule has 1 rings (SSSR count). The van der Waals surface area contributed by atoms with E-state index in [4.69, 9.17) is 11.6 Å². The van der Waals surface area contributed by atoms with Crippen LogP contribution in [0.3, 0.4) is 0 Å². The van der Waals surface area contributed by atoms with Gasteiger partial charge >= 0.3 is 0 Å². The molecule has 1 aliphatic carbocycles. The summed E-state index contributed by atoms with van der Waals surface area (Å²) in [7, 11) is 0. The molecule has 1 fully saturated rings. The van der Waals surface area contributed by atoms with E-state index in [2.05, 4.69) is 0 Å². The van der Waals surface area contributed by atoms with Crippen LogP contribution in [-0.2, 0) is 4.79 Å². The standard InChI is InChI=1S/C8H13ClO/c1-5-7(3,6(2)10)8(5,4)9/h5H,1-4H3. The summed E-state index contributed by atoms with van der Waals surface area (Å²) < 4.78 is 0. The van der Waals surface area contributed by atoms with Crippen molar-refractivity contribution >= 4 is 17.4 Å². The Morgan fingerprint density at radius 3 is 1.80 bits per heavy atom. The molecule has 1 saturated carbocycles. The number of hydrogen-bond donors (Lipinski definition) is 0. The third kappa shape index (κ3) is 0.619. The molecule has 58 valence electrons. The topological polar surface area (TPSA) is 17.1 Å². The first-order valence-corrected chi connectivity index (χ1v) is 3.93. The van der Waals surface area contributed by atoms with Crippen LogP contribution in [0.15, 0.2) is 0 Å². The normalized spacial score (nSPS) is 52.7. The van der Waals surface area contributed by atoms with Gasteiger partial charge in [0, 0.05) is 5.41 Å². The van der Waals surface area contributed by atoms with Crippen LogP contribution in [0.1, 0.15) is 27.7 Å².